The zero-order valence-corrected chi connectivity index (χ0v) is 23.4. The number of nitrogens with zero attached hydrogens (tertiary/aromatic N) is 2. The van der Waals surface area contributed by atoms with Crippen molar-refractivity contribution in [3.63, 3.8) is 0 Å². The van der Waals surface area contributed by atoms with Crippen LogP contribution >= 0.6 is 23.2 Å². The number of hydrogen-bond acceptors (Lipinski definition) is 5. The first kappa shape index (κ1) is 29.0. The Balaban J connectivity index is 1.94. The number of aliphatic hydroxyl groups excluding tert-OH is 1. The molecule has 0 spiro atoms. The Morgan fingerprint density at radius 3 is 2.59 bits per heavy atom. The summed E-state index contributed by atoms with van der Waals surface area (Å²) in [4.78, 5) is 29.9. The number of amides is 3. The number of urea groups is 1. The molecule has 3 atom stereocenters. The van der Waals surface area contributed by atoms with Crippen LogP contribution in [0, 0.1) is 5.92 Å². The highest BCUT2D eigenvalue weighted by molar-refractivity contribution is 6.42. The van der Waals surface area contributed by atoms with Crippen molar-refractivity contribution in [2.24, 2.45) is 5.92 Å². The normalized spacial score (nSPS) is 18.6. The molecule has 3 N–H and O–H groups in total. The number of nitrogens with one attached hydrogen (secondary N) is 2. The zero-order chi connectivity index (χ0) is 27.3. The minimum atomic E-state index is -0.386. The molecule has 0 unspecified atom stereocenters. The number of para-hydroxylation sites is 1. The summed E-state index contributed by atoms with van der Waals surface area (Å²) in [6, 6.07) is 9.84. The monoisotopic (exact) mass is 550 g/mol. The van der Waals surface area contributed by atoms with E-state index in [1.54, 1.807) is 29.2 Å². The molecule has 8 nitrogen and oxygen atoms in total. The summed E-state index contributed by atoms with van der Waals surface area (Å²) in [6.07, 6.45) is -0.316. The fraction of sp³-hybridized carbons (Fsp3) is 0.481. The number of carbonyl (C=O) groups excluding carboxylic acids is 2. The molecular formula is C27H36Cl2N4O4. The van der Waals surface area contributed by atoms with Gasteiger partial charge in [-0.3, -0.25) is 9.69 Å². The number of carbonyl (C=O) groups is 2. The van der Waals surface area contributed by atoms with Gasteiger partial charge in [-0.25, -0.2) is 4.79 Å². The SMILES string of the molecule is CC(C)NC(=O)Nc1cccc2c1O[C@@H](CN(C)Cc1ccc(Cl)c(Cl)c1)[C@H](C)CN([C@@H](C)CO)C2=O. The second kappa shape index (κ2) is 12.8. The van der Waals surface area contributed by atoms with Crippen molar-refractivity contribution in [2.45, 2.75) is 52.4 Å². The summed E-state index contributed by atoms with van der Waals surface area (Å²) in [7, 11) is 1.98. The first-order chi connectivity index (χ1) is 17.5. The number of rotatable bonds is 8. The first-order valence-corrected chi connectivity index (χ1v) is 13.2. The first-order valence-electron chi connectivity index (χ1n) is 12.4. The molecule has 10 heteroatoms. The van der Waals surface area contributed by atoms with Crippen molar-refractivity contribution in [3.8, 4) is 5.75 Å². The fourth-order valence-corrected chi connectivity index (χ4v) is 4.62. The predicted octanol–water partition coefficient (Wildman–Crippen LogP) is 4.88. The molecule has 37 heavy (non-hydrogen) atoms. The molecule has 3 amide bonds. The minimum Gasteiger partial charge on any atom is -0.486 e. The predicted molar refractivity (Wildman–Crippen MR) is 148 cm³/mol. The molecular weight excluding hydrogens is 515 g/mol. The Bertz CT molecular complexity index is 1110. The average molecular weight is 552 g/mol. The van der Waals surface area contributed by atoms with Gasteiger partial charge in [0, 0.05) is 31.6 Å². The van der Waals surface area contributed by atoms with Gasteiger partial charge in [0.15, 0.2) is 5.75 Å². The van der Waals surface area contributed by atoms with Gasteiger partial charge in [-0.1, -0.05) is 42.3 Å². The molecule has 3 rings (SSSR count). The number of hydrogen-bond donors (Lipinski definition) is 3. The number of likely N-dealkylation sites (N-methyl/N-ethyl adjacent to an activating group) is 1. The van der Waals surface area contributed by atoms with E-state index in [0.29, 0.717) is 46.7 Å². The third-order valence-corrected chi connectivity index (χ3v) is 7.03. The third kappa shape index (κ3) is 7.51. The molecule has 0 fully saturated rings. The minimum absolute atomic E-state index is 0.0586. The number of benzene rings is 2. The molecule has 0 saturated heterocycles. The van der Waals surface area contributed by atoms with Crippen LogP contribution in [-0.2, 0) is 6.54 Å². The van der Waals surface area contributed by atoms with E-state index in [-0.39, 0.29) is 42.7 Å². The van der Waals surface area contributed by atoms with Crippen molar-refractivity contribution in [1.29, 1.82) is 0 Å². The average Bonchev–Trinajstić information content (AvgIpc) is 2.83. The van der Waals surface area contributed by atoms with Crippen LogP contribution in [0.15, 0.2) is 36.4 Å². The highest BCUT2D eigenvalue weighted by Crippen LogP contribution is 2.35. The highest BCUT2D eigenvalue weighted by atomic mass is 35.5. The van der Waals surface area contributed by atoms with E-state index < -0.39 is 0 Å². The van der Waals surface area contributed by atoms with Gasteiger partial charge in [-0.05, 0) is 57.6 Å². The zero-order valence-electron chi connectivity index (χ0n) is 21.9. The Hall–Kier alpha value is -2.52. The Morgan fingerprint density at radius 2 is 1.95 bits per heavy atom. The Kier molecular flexibility index (Phi) is 10.1. The molecule has 0 saturated carbocycles. The largest absolute Gasteiger partial charge is 0.486 e. The molecule has 2 aromatic rings. The van der Waals surface area contributed by atoms with Crippen molar-refractivity contribution in [1.82, 2.24) is 15.1 Å². The highest BCUT2D eigenvalue weighted by Gasteiger charge is 2.34. The Morgan fingerprint density at radius 1 is 1.22 bits per heavy atom. The van der Waals surface area contributed by atoms with Crippen LogP contribution in [0.3, 0.4) is 0 Å². The van der Waals surface area contributed by atoms with Crippen molar-refractivity contribution in [3.05, 3.63) is 57.6 Å². The van der Waals surface area contributed by atoms with Crippen molar-refractivity contribution >= 4 is 40.8 Å². The molecule has 1 heterocycles. The number of ether oxygens (including phenoxy) is 1. The molecule has 0 aliphatic carbocycles. The van der Waals surface area contributed by atoms with Crippen LogP contribution in [0.25, 0.3) is 0 Å². The van der Waals surface area contributed by atoms with E-state index in [2.05, 4.69) is 15.5 Å². The quantitative estimate of drug-likeness (QED) is 0.435. The third-order valence-electron chi connectivity index (χ3n) is 6.29. The van der Waals surface area contributed by atoms with E-state index >= 15 is 0 Å². The number of fused-ring (bicyclic) bond motifs is 1. The molecule has 0 aromatic heterocycles. The fourth-order valence-electron chi connectivity index (χ4n) is 4.30. The molecule has 2 aromatic carbocycles. The van der Waals surface area contributed by atoms with Gasteiger partial charge >= 0.3 is 6.03 Å². The van der Waals surface area contributed by atoms with Gasteiger partial charge in [-0.2, -0.15) is 0 Å². The van der Waals surface area contributed by atoms with Gasteiger partial charge in [0.2, 0.25) is 0 Å². The van der Waals surface area contributed by atoms with Crippen LogP contribution in [0.5, 0.6) is 5.75 Å². The standard InChI is InChI=1S/C27H36Cl2N4O4/c1-16(2)30-27(36)31-23-8-6-7-20-25(23)37-24(17(3)12-33(26(20)35)18(4)15-34)14-32(5)13-19-9-10-21(28)22(29)11-19/h6-11,16-18,24,34H,12-15H2,1-5H3,(H2,30,31,36)/t17-,18+,24+/m1/s1. The topological polar surface area (TPSA) is 94.1 Å². The summed E-state index contributed by atoms with van der Waals surface area (Å²) in [5, 5.41) is 16.5. The summed E-state index contributed by atoms with van der Waals surface area (Å²) in [5.41, 5.74) is 1.76. The van der Waals surface area contributed by atoms with Gasteiger partial charge in [0.05, 0.1) is 33.9 Å². The van der Waals surface area contributed by atoms with E-state index in [1.807, 2.05) is 46.9 Å². The van der Waals surface area contributed by atoms with Crippen LogP contribution < -0.4 is 15.4 Å². The van der Waals surface area contributed by atoms with Gasteiger partial charge in [0.25, 0.3) is 5.91 Å². The second-order valence-electron chi connectivity index (χ2n) is 10.0. The molecule has 0 bridgehead atoms. The number of halogens is 2. The summed E-state index contributed by atoms with van der Waals surface area (Å²) < 4.78 is 6.53. The molecule has 1 aliphatic heterocycles. The lowest BCUT2D eigenvalue weighted by molar-refractivity contribution is 0.0343. The lowest BCUT2D eigenvalue weighted by Gasteiger charge is -2.38. The van der Waals surface area contributed by atoms with Crippen LogP contribution in [-0.4, -0.2) is 71.8 Å². The van der Waals surface area contributed by atoms with Crippen molar-refractivity contribution in [2.75, 3.05) is 32.1 Å². The molecule has 0 radical (unpaired) electrons. The van der Waals surface area contributed by atoms with Gasteiger partial charge in [-0.15, -0.1) is 0 Å². The summed E-state index contributed by atoms with van der Waals surface area (Å²) in [5.74, 6) is -0.000126. The molecule has 202 valence electrons. The number of anilines is 1. The lowest BCUT2D eigenvalue weighted by atomic mass is 9.99. The van der Waals surface area contributed by atoms with Gasteiger partial charge in [0.1, 0.15) is 6.10 Å². The van der Waals surface area contributed by atoms with Crippen LogP contribution in [0.1, 0.15) is 43.6 Å². The van der Waals surface area contributed by atoms with E-state index in [4.69, 9.17) is 27.9 Å². The maximum absolute atomic E-state index is 13.6. The maximum atomic E-state index is 13.6. The van der Waals surface area contributed by atoms with Crippen LogP contribution in [0.2, 0.25) is 10.0 Å². The van der Waals surface area contributed by atoms with E-state index in [9.17, 15) is 14.7 Å². The van der Waals surface area contributed by atoms with Crippen molar-refractivity contribution < 1.29 is 19.4 Å². The van der Waals surface area contributed by atoms with E-state index in [0.717, 1.165) is 5.56 Å². The summed E-state index contributed by atoms with van der Waals surface area (Å²) >= 11 is 12.3. The smallest absolute Gasteiger partial charge is 0.319 e. The van der Waals surface area contributed by atoms with Crippen LogP contribution in [0.4, 0.5) is 10.5 Å². The van der Waals surface area contributed by atoms with Gasteiger partial charge < -0.3 is 25.4 Å². The Labute approximate surface area is 228 Å². The maximum Gasteiger partial charge on any atom is 0.319 e. The number of aliphatic hydroxyl groups is 1. The van der Waals surface area contributed by atoms with E-state index in [1.165, 1.54) is 0 Å². The lowest BCUT2D eigenvalue weighted by Crippen LogP contribution is -2.49. The molecule has 1 aliphatic rings. The second-order valence-corrected chi connectivity index (χ2v) is 10.8. The summed E-state index contributed by atoms with van der Waals surface area (Å²) in [6.45, 7) is 8.98.